The number of pyridine rings is 1. The number of rotatable bonds is 7. The van der Waals surface area contributed by atoms with Crippen LogP contribution in [0.15, 0.2) is 66.9 Å². The Balaban J connectivity index is 1.52. The van der Waals surface area contributed by atoms with Crippen molar-refractivity contribution in [2.75, 3.05) is 19.7 Å². The molecule has 1 aromatic heterocycles. The fourth-order valence-electron chi connectivity index (χ4n) is 4.44. The minimum absolute atomic E-state index is 0.0156. The van der Waals surface area contributed by atoms with Gasteiger partial charge in [0.1, 0.15) is 10.8 Å². The number of amides is 2. The molecule has 4 rings (SSSR count). The van der Waals surface area contributed by atoms with Crippen LogP contribution in [0.1, 0.15) is 38.6 Å². The van der Waals surface area contributed by atoms with Crippen LogP contribution in [0.5, 0.6) is 11.6 Å². The lowest BCUT2D eigenvalue weighted by atomic mass is 9.85. The number of benzene rings is 2. The first-order valence-corrected chi connectivity index (χ1v) is 12.5. The van der Waals surface area contributed by atoms with Crippen molar-refractivity contribution in [3.8, 4) is 11.6 Å². The van der Waals surface area contributed by atoms with Gasteiger partial charge in [0.25, 0.3) is 11.8 Å². The van der Waals surface area contributed by atoms with Crippen molar-refractivity contribution in [1.82, 2.24) is 15.2 Å². The number of para-hydroxylation sites is 1. The van der Waals surface area contributed by atoms with E-state index in [1.807, 2.05) is 0 Å². The Morgan fingerprint density at radius 3 is 2.37 bits per heavy atom. The highest BCUT2D eigenvalue weighted by Crippen LogP contribution is 2.32. The van der Waals surface area contributed by atoms with Crippen LogP contribution in [0.25, 0.3) is 0 Å². The van der Waals surface area contributed by atoms with E-state index in [1.165, 1.54) is 23.1 Å². The lowest BCUT2D eigenvalue weighted by Crippen LogP contribution is -2.51. The summed E-state index contributed by atoms with van der Waals surface area (Å²) in [6.45, 7) is -1.34. The molecule has 14 heteroatoms. The van der Waals surface area contributed by atoms with Gasteiger partial charge in [0.2, 0.25) is 5.88 Å². The molecule has 7 nitrogen and oxygen atoms in total. The molecule has 2 aromatic carbocycles. The summed E-state index contributed by atoms with van der Waals surface area (Å²) in [6.07, 6.45) is -8.29. The predicted molar refractivity (Wildman–Crippen MR) is 135 cm³/mol. The van der Waals surface area contributed by atoms with Crippen LogP contribution in [0.4, 0.5) is 26.3 Å². The molecule has 1 aliphatic heterocycles. The van der Waals surface area contributed by atoms with Crippen molar-refractivity contribution in [3.63, 3.8) is 0 Å². The fraction of sp³-hybridized carbons (Fsp3) is 0.296. The number of hydrogen-bond acceptors (Lipinski definition) is 5. The van der Waals surface area contributed by atoms with Gasteiger partial charge in [0.15, 0.2) is 6.61 Å². The quantitative estimate of drug-likeness (QED) is 0.336. The molecule has 3 aromatic rings. The normalized spacial score (nSPS) is 17.6. The summed E-state index contributed by atoms with van der Waals surface area (Å²) in [7, 11) is 0. The van der Waals surface area contributed by atoms with Gasteiger partial charge >= 0.3 is 12.5 Å². The second-order valence-corrected chi connectivity index (χ2v) is 9.50. The van der Waals surface area contributed by atoms with Crippen LogP contribution in [0.3, 0.4) is 0 Å². The summed E-state index contributed by atoms with van der Waals surface area (Å²) in [6, 6.07) is 14.5. The van der Waals surface area contributed by atoms with E-state index in [1.54, 1.807) is 30.3 Å². The van der Waals surface area contributed by atoms with Gasteiger partial charge in [-0.15, -0.1) is 13.2 Å². The first-order valence-electron chi connectivity index (χ1n) is 12.2. The molecule has 0 saturated carbocycles. The van der Waals surface area contributed by atoms with Crippen LogP contribution in [-0.2, 0) is 0 Å². The highest BCUT2D eigenvalue weighted by atomic mass is 35.5. The van der Waals surface area contributed by atoms with Crippen molar-refractivity contribution in [2.45, 2.75) is 30.9 Å². The number of ether oxygens (including phenoxy) is 2. The van der Waals surface area contributed by atoms with Crippen molar-refractivity contribution in [3.05, 3.63) is 88.6 Å². The van der Waals surface area contributed by atoms with E-state index in [2.05, 4.69) is 19.8 Å². The average Bonchev–Trinajstić information content (AvgIpc) is 2.91. The minimum Gasteiger partial charge on any atom is -0.467 e. The number of carbonyl (C=O) groups is 2. The Labute approximate surface area is 235 Å². The molecule has 0 aliphatic carbocycles. The Kier molecular flexibility index (Phi) is 8.95. The fourth-order valence-corrected chi connectivity index (χ4v) is 4.66. The average molecular weight is 602 g/mol. The van der Waals surface area contributed by atoms with Crippen molar-refractivity contribution >= 4 is 23.4 Å². The van der Waals surface area contributed by atoms with E-state index in [0.29, 0.717) is 0 Å². The number of aromatic nitrogens is 1. The van der Waals surface area contributed by atoms with Crippen molar-refractivity contribution < 1.29 is 45.4 Å². The molecule has 0 bridgehead atoms. The standard InChI is InChI=1S/C27H22ClF6N3O4/c28-20-12-17(13-35-24(20)40-15-26(29,30)31)25(39)37-11-10-21(19(14-37)16-6-2-1-3-7-16)36-23(38)18-8-4-5-9-22(18)41-27(32,33)34/h1-9,12-13,19,21H,10-11,14-15H2,(H,36,38)/t19-,21-/m1/s1. The number of nitrogens with zero attached hydrogens (tertiary/aromatic N) is 2. The maximum Gasteiger partial charge on any atom is 0.573 e. The molecule has 2 heterocycles. The SMILES string of the molecule is O=C(N[C@@H]1CCN(C(=O)c2cnc(OCC(F)(F)F)c(Cl)c2)C[C@@H]1c1ccccc1)c1ccccc1OC(F)(F)F. The third-order valence-electron chi connectivity index (χ3n) is 6.23. The molecule has 1 aliphatic rings. The molecule has 1 N–H and O–H groups in total. The van der Waals surface area contributed by atoms with E-state index in [-0.39, 0.29) is 35.7 Å². The lowest BCUT2D eigenvalue weighted by molar-refractivity contribution is -0.274. The topological polar surface area (TPSA) is 80.8 Å². The predicted octanol–water partition coefficient (Wildman–Crippen LogP) is 6.00. The van der Waals surface area contributed by atoms with Gasteiger partial charge in [-0.2, -0.15) is 13.2 Å². The second-order valence-electron chi connectivity index (χ2n) is 9.10. The molecule has 1 fully saturated rings. The zero-order valence-corrected chi connectivity index (χ0v) is 21.8. The smallest absolute Gasteiger partial charge is 0.467 e. The zero-order chi connectivity index (χ0) is 29.8. The molecule has 0 spiro atoms. The second kappa shape index (κ2) is 12.2. The summed E-state index contributed by atoms with van der Waals surface area (Å²) >= 11 is 6.00. The maximum atomic E-state index is 13.3. The van der Waals surface area contributed by atoms with Crippen LogP contribution >= 0.6 is 11.6 Å². The van der Waals surface area contributed by atoms with E-state index in [0.717, 1.165) is 23.9 Å². The van der Waals surface area contributed by atoms with Gasteiger partial charge in [0, 0.05) is 31.2 Å². The summed E-state index contributed by atoms with van der Waals surface area (Å²) in [5.74, 6) is -2.85. The van der Waals surface area contributed by atoms with Gasteiger partial charge in [0.05, 0.1) is 11.1 Å². The zero-order valence-electron chi connectivity index (χ0n) is 21.0. The molecule has 1 saturated heterocycles. The van der Waals surface area contributed by atoms with E-state index < -0.39 is 54.5 Å². The number of halogens is 7. The Morgan fingerprint density at radius 2 is 1.71 bits per heavy atom. The third-order valence-corrected chi connectivity index (χ3v) is 6.50. The Hall–Kier alpha value is -4.00. The highest BCUT2D eigenvalue weighted by molar-refractivity contribution is 6.32. The van der Waals surface area contributed by atoms with E-state index in [4.69, 9.17) is 11.6 Å². The molecule has 0 unspecified atom stereocenters. The summed E-state index contributed by atoms with van der Waals surface area (Å²) in [5.41, 5.74) is 0.479. The van der Waals surface area contributed by atoms with Gasteiger partial charge in [-0.05, 0) is 30.2 Å². The van der Waals surface area contributed by atoms with E-state index >= 15 is 0 Å². The summed E-state index contributed by atoms with van der Waals surface area (Å²) in [4.78, 5) is 31.6. The number of hydrogen-bond donors (Lipinski definition) is 1. The van der Waals surface area contributed by atoms with Crippen LogP contribution in [0.2, 0.25) is 5.02 Å². The molecular weight excluding hydrogens is 580 g/mol. The van der Waals surface area contributed by atoms with Gasteiger partial charge in [-0.1, -0.05) is 54.1 Å². The number of alkyl halides is 6. The first-order chi connectivity index (χ1) is 19.3. The lowest BCUT2D eigenvalue weighted by Gasteiger charge is -2.39. The van der Waals surface area contributed by atoms with Gasteiger partial charge in [-0.3, -0.25) is 9.59 Å². The van der Waals surface area contributed by atoms with Crippen molar-refractivity contribution in [2.24, 2.45) is 0 Å². The third kappa shape index (κ3) is 8.03. The monoisotopic (exact) mass is 601 g/mol. The number of likely N-dealkylation sites (tertiary alicyclic amines) is 1. The molecule has 41 heavy (non-hydrogen) atoms. The summed E-state index contributed by atoms with van der Waals surface area (Å²) < 4.78 is 84.5. The number of piperidine rings is 1. The molecular formula is C27H22ClF6N3O4. The summed E-state index contributed by atoms with van der Waals surface area (Å²) in [5, 5.41) is 2.51. The largest absolute Gasteiger partial charge is 0.573 e. The Bertz CT molecular complexity index is 1390. The molecule has 218 valence electrons. The Morgan fingerprint density at radius 1 is 1.02 bits per heavy atom. The molecule has 2 atom stereocenters. The van der Waals surface area contributed by atoms with Gasteiger partial charge < -0.3 is 19.7 Å². The minimum atomic E-state index is -4.99. The van der Waals surface area contributed by atoms with E-state index in [9.17, 15) is 35.9 Å². The van der Waals surface area contributed by atoms with Gasteiger partial charge in [-0.25, -0.2) is 4.98 Å². The van der Waals surface area contributed by atoms with Crippen molar-refractivity contribution in [1.29, 1.82) is 0 Å². The maximum absolute atomic E-state index is 13.3. The van der Waals surface area contributed by atoms with Crippen LogP contribution in [-0.4, -0.2) is 60.0 Å². The van der Waals surface area contributed by atoms with Crippen LogP contribution < -0.4 is 14.8 Å². The number of carbonyl (C=O) groups excluding carboxylic acids is 2. The molecule has 0 radical (unpaired) electrons. The molecule has 2 amide bonds. The van der Waals surface area contributed by atoms with Crippen LogP contribution in [0, 0.1) is 0 Å². The number of nitrogens with one attached hydrogen (secondary N) is 1. The highest BCUT2D eigenvalue weighted by Gasteiger charge is 2.36. The first kappa shape index (κ1) is 30.0.